The molecule has 2 aliphatic rings. The summed E-state index contributed by atoms with van der Waals surface area (Å²) in [5, 5.41) is 13.8. The second-order valence-corrected chi connectivity index (χ2v) is 7.34. The van der Waals surface area contributed by atoms with Crippen LogP contribution in [-0.4, -0.2) is 42.0 Å². The highest BCUT2D eigenvalue weighted by molar-refractivity contribution is 5.93. The summed E-state index contributed by atoms with van der Waals surface area (Å²) in [6, 6.07) is 10.6. The number of nitrogens with one attached hydrogen (secondary N) is 1. The quantitative estimate of drug-likeness (QED) is 0.613. The van der Waals surface area contributed by atoms with E-state index >= 15 is 0 Å². The van der Waals surface area contributed by atoms with Gasteiger partial charge < -0.3 is 14.8 Å². The molecular formula is C21H23N3O5. The Morgan fingerprint density at radius 2 is 2.00 bits per heavy atom. The maximum atomic E-state index is 12.6. The number of rotatable bonds is 5. The average molecular weight is 397 g/mol. The fraction of sp³-hybridized carbons (Fsp3) is 0.381. The number of amides is 1. The summed E-state index contributed by atoms with van der Waals surface area (Å²) in [5.41, 5.74) is 2.32. The molecule has 152 valence electrons. The molecule has 2 aliphatic heterocycles. The number of nitrogens with zero attached hydrogens (tertiary/aromatic N) is 2. The first kappa shape index (κ1) is 19.2. The lowest BCUT2D eigenvalue weighted by atomic mass is 10.0. The van der Waals surface area contributed by atoms with E-state index in [1.54, 1.807) is 6.07 Å². The highest BCUT2D eigenvalue weighted by Crippen LogP contribution is 2.38. The molecule has 8 heteroatoms. The zero-order chi connectivity index (χ0) is 20.4. The third-order valence-electron chi connectivity index (χ3n) is 5.37. The summed E-state index contributed by atoms with van der Waals surface area (Å²) in [4.78, 5) is 25.3. The van der Waals surface area contributed by atoms with E-state index in [9.17, 15) is 14.9 Å². The first-order valence-corrected chi connectivity index (χ1v) is 9.70. The molecule has 1 N–H and O–H groups in total. The van der Waals surface area contributed by atoms with Crippen LogP contribution in [0.2, 0.25) is 0 Å². The zero-order valence-electron chi connectivity index (χ0n) is 16.2. The van der Waals surface area contributed by atoms with Gasteiger partial charge in [0.1, 0.15) is 13.2 Å². The molecule has 0 aliphatic carbocycles. The van der Waals surface area contributed by atoms with Crippen molar-refractivity contribution in [1.82, 2.24) is 4.90 Å². The first-order chi connectivity index (χ1) is 14.0. The van der Waals surface area contributed by atoms with Gasteiger partial charge in [-0.15, -0.1) is 0 Å². The van der Waals surface area contributed by atoms with Crippen LogP contribution >= 0.6 is 0 Å². The maximum Gasteiger partial charge on any atom is 0.271 e. The summed E-state index contributed by atoms with van der Waals surface area (Å²) in [6.07, 6.45) is 1.96. The van der Waals surface area contributed by atoms with Crippen LogP contribution in [0.4, 0.5) is 11.4 Å². The van der Waals surface area contributed by atoms with Gasteiger partial charge in [0.2, 0.25) is 5.91 Å². The van der Waals surface area contributed by atoms with Crippen molar-refractivity contribution in [2.75, 3.05) is 31.6 Å². The number of carbonyl (C=O) groups is 1. The summed E-state index contributed by atoms with van der Waals surface area (Å²) in [6.45, 7) is 3.95. The van der Waals surface area contributed by atoms with Gasteiger partial charge in [-0.25, -0.2) is 0 Å². The molecule has 1 fully saturated rings. The fourth-order valence-corrected chi connectivity index (χ4v) is 3.89. The Bertz CT molecular complexity index is 946. The van der Waals surface area contributed by atoms with Crippen LogP contribution in [-0.2, 0) is 4.79 Å². The molecule has 1 amide bonds. The summed E-state index contributed by atoms with van der Waals surface area (Å²) in [5.74, 6) is 1.32. The van der Waals surface area contributed by atoms with Crippen LogP contribution in [0.1, 0.15) is 30.0 Å². The van der Waals surface area contributed by atoms with Crippen molar-refractivity contribution >= 4 is 17.3 Å². The SMILES string of the molecule is Cc1ccc([N+](=O)[O-])cc1NC(=O)CN1CCCC1c1ccc2c(c1)OCCO2. The maximum absolute atomic E-state index is 12.6. The van der Waals surface area contributed by atoms with Crippen molar-refractivity contribution in [2.24, 2.45) is 0 Å². The molecule has 29 heavy (non-hydrogen) atoms. The number of aryl methyl sites for hydroxylation is 1. The van der Waals surface area contributed by atoms with Gasteiger partial charge >= 0.3 is 0 Å². The Hall–Kier alpha value is -3.13. The number of nitro benzene ring substituents is 1. The normalized spacial score (nSPS) is 18.4. The number of fused-ring (bicyclic) bond motifs is 1. The van der Waals surface area contributed by atoms with Crippen molar-refractivity contribution < 1.29 is 19.2 Å². The standard InChI is InChI=1S/C21H23N3O5/c1-14-4-6-16(24(26)27)12-17(14)22-21(25)13-23-8-2-3-18(23)15-5-7-19-20(11-15)29-10-9-28-19/h4-7,11-12,18H,2-3,8-10,13H2,1H3,(H,22,25). The third-order valence-corrected chi connectivity index (χ3v) is 5.37. The molecule has 2 aromatic rings. The lowest BCUT2D eigenvalue weighted by molar-refractivity contribution is -0.384. The highest BCUT2D eigenvalue weighted by atomic mass is 16.6. The smallest absolute Gasteiger partial charge is 0.271 e. The van der Waals surface area contributed by atoms with Gasteiger partial charge in [0, 0.05) is 18.2 Å². The number of hydrogen-bond acceptors (Lipinski definition) is 6. The Morgan fingerprint density at radius 3 is 2.79 bits per heavy atom. The van der Waals surface area contributed by atoms with Gasteiger partial charge in [0.05, 0.1) is 17.2 Å². The average Bonchev–Trinajstić information content (AvgIpc) is 3.17. The Morgan fingerprint density at radius 1 is 1.21 bits per heavy atom. The third kappa shape index (κ3) is 4.17. The number of likely N-dealkylation sites (tertiary alicyclic amines) is 1. The second kappa shape index (κ2) is 8.08. The number of benzene rings is 2. The van der Waals surface area contributed by atoms with Gasteiger partial charge in [0.25, 0.3) is 5.69 Å². The van der Waals surface area contributed by atoms with Crippen molar-refractivity contribution in [2.45, 2.75) is 25.8 Å². The monoisotopic (exact) mass is 397 g/mol. The molecule has 4 rings (SSSR count). The molecule has 1 saturated heterocycles. The molecule has 0 radical (unpaired) electrons. The Balaban J connectivity index is 1.45. The lowest BCUT2D eigenvalue weighted by Crippen LogP contribution is -2.33. The largest absolute Gasteiger partial charge is 0.486 e. The molecule has 0 saturated carbocycles. The van der Waals surface area contributed by atoms with E-state index < -0.39 is 4.92 Å². The predicted octanol–water partition coefficient (Wildman–Crippen LogP) is 3.45. The predicted molar refractivity (Wildman–Crippen MR) is 107 cm³/mol. The van der Waals surface area contributed by atoms with E-state index in [0.717, 1.165) is 42.0 Å². The van der Waals surface area contributed by atoms with Gasteiger partial charge in [-0.2, -0.15) is 0 Å². The van der Waals surface area contributed by atoms with Gasteiger partial charge in [-0.1, -0.05) is 12.1 Å². The van der Waals surface area contributed by atoms with E-state index in [1.165, 1.54) is 12.1 Å². The van der Waals surface area contributed by atoms with E-state index in [2.05, 4.69) is 10.2 Å². The van der Waals surface area contributed by atoms with Gasteiger partial charge in [0.15, 0.2) is 11.5 Å². The van der Waals surface area contributed by atoms with Gasteiger partial charge in [-0.05, 0) is 49.6 Å². The van der Waals surface area contributed by atoms with Crippen molar-refractivity contribution in [3.05, 3.63) is 57.6 Å². The molecule has 1 unspecified atom stereocenters. The molecule has 8 nitrogen and oxygen atoms in total. The number of anilines is 1. The fourth-order valence-electron chi connectivity index (χ4n) is 3.89. The van der Waals surface area contributed by atoms with Crippen molar-refractivity contribution in [1.29, 1.82) is 0 Å². The number of carbonyl (C=O) groups excluding carboxylic acids is 1. The van der Waals surface area contributed by atoms with Crippen molar-refractivity contribution in [3.63, 3.8) is 0 Å². The van der Waals surface area contributed by atoms with E-state index in [4.69, 9.17) is 9.47 Å². The van der Waals surface area contributed by atoms with E-state index in [-0.39, 0.29) is 24.2 Å². The Labute approximate surface area is 168 Å². The minimum Gasteiger partial charge on any atom is -0.486 e. The van der Waals surface area contributed by atoms with Crippen LogP contribution < -0.4 is 14.8 Å². The van der Waals surface area contributed by atoms with Crippen LogP contribution in [0.3, 0.4) is 0 Å². The minimum atomic E-state index is -0.465. The van der Waals surface area contributed by atoms with Crippen LogP contribution in [0.25, 0.3) is 0 Å². The number of hydrogen-bond donors (Lipinski definition) is 1. The summed E-state index contributed by atoms with van der Waals surface area (Å²) in [7, 11) is 0. The van der Waals surface area contributed by atoms with Crippen LogP contribution in [0.5, 0.6) is 11.5 Å². The highest BCUT2D eigenvalue weighted by Gasteiger charge is 2.29. The molecule has 2 heterocycles. The van der Waals surface area contributed by atoms with E-state index in [0.29, 0.717) is 18.9 Å². The molecule has 0 spiro atoms. The Kier molecular flexibility index (Phi) is 5.35. The molecule has 0 aromatic heterocycles. The lowest BCUT2D eigenvalue weighted by Gasteiger charge is -2.26. The van der Waals surface area contributed by atoms with E-state index in [1.807, 2.05) is 25.1 Å². The van der Waals surface area contributed by atoms with Crippen LogP contribution in [0.15, 0.2) is 36.4 Å². The number of non-ortho nitro benzene ring substituents is 1. The number of ether oxygens (including phenoxy) is 2. The topological polar surface area (TPSA) is 93.9 Å². The molecule has 1 atom stereocenters. The minimum absolute atomic E-state index is 0.0405. The summed E-state index contributed by atoms with van der Waals surface area (Å²) >= 11 is 0. The molecule has 2 aromatic carbocycles. The second-order valence-electron chi connectivity index (χ2n) is 7.34. The molecule has 0 bridgehead atoms. The summed E-state index contributed by atoms with van der Waals surface area (Å²) < 4.78 is 11.3. The van der Waals surface area contributed by atoms with Crippen LogP contribution in [0, 0.1) is 17.0 Å². The first-order valence-electron chi connectivity index (χ1n) is 9.70. The van der Waals surface area contributed by atoms with Gasteiger partial charge in [-0.3, -0.25) is 19.8 Å². The van der Waals surface area contributed by atoms with Crippen molar-refractivity contribution in [3.8, 4) is 11.5 Å². The molecular weight excluding hydrogens is 374 g/mol. The zero-order valence-corrected chi connectivity index (χ0v) is 16.2. The number of nitro groups is 1.